The Kier molecular flexibility index (Phi) is 5.48. The quantitative estimate of drug-likeness (QED) is 0.779. The highest BCUT2D eigenvalue weighted by atomic mass is 35.5. The lowest BCUT2D eigenvalue weighted by Crippen LogP contribution is -2.28. The number of esters is 1. The molecule has 0 atom stereocenters. The molecule has 2 aromatic carbocycles. The highest BCUT2D eigenvalue weighted by molar-refractivity contribution is 6.31. The number of benzene rings is 2. The first-order valence-electron chi connectivity index (χ1n) is 7.72. The first-order chi connectivity index (χ1) is 12.6. The lowest BCUT2D eigenvalue weighted by Gasteiger charge is -2.10. The van der Waals surface area contributed by atoms with Crippen LogP contribution in [0.4, 0.5) is 0 Å². The molecule has 0 saturated heterocycles. The fraction of sp³-hybridized carbons (Fsp3) is 0.222. The van der Waals surface area contributed by atoms with Gasteiger partial charge in [-0.05, 0) is 35.9 Å². The van der Waals surface area contributed by atoms with Gasteiger partial charge in [-0.15, -0.1) is 0 Å². The Morgan fingerprint density at radius 2 is 1.96 bits per heavy atom. The molecule has 136 valence electrons. The maximum atomic E-state index is 12.1. The molecule has 8 heteroatoms. The van der Waals surface area contributed by atoms with Crippen LogP contribution in [0.2, 0.25) is 5.02 Å². The van der Waals surface area contributed by atoms with Gasteiger partial charge in [-0.2, -0.15) is 0 Å². The maximum absolute atomic E-state index is 12.1. The van der Waals surface area contributed by atoms with Gasteiger partial charge >= 0.3 is 5.97 Å². The Bertz CT molecular complexity index is 838. The number of fused-ring (bicyclic) bond motifs is 1. The summed E-state index contributed by atoms with van der Waals surface area (Å²) in [6.07, 6.45) is 0. The van der Waals surface area contributed by atoms with Gasteiger partial charge in [0, 0.05) is 11.6 Å². The number of ether oxygens (including phenoxy) is 4. The fourth-order valence-electron chi connectivity index (χ4n) is 2.35. The minimum Gasteiger partial charge on any atom is -0.496 e. The van der Waals surface area contributed by atoms with Crippen molar-refractivity contribution in [1.82, 2.24) is 5.32 Å². The van der Waals surface area contributed by atoms with Gasteiger partial charge in [0.15, 0.2) is 18.1 Å². The molecule has 1 amide bonds. The Balaban J connectivity index is 1.51. The largest absolute Gasteiger partial charge is 0.496 e. The van der Waals surface area contributed by atoms with Crippen molar-refractivity contribution in [2.45, 2.75) is 6.54 Å². The molecule has 0 aliphatic carbocycles. The van der Waals surface area contributed by atoms with Gasteiger partial charge in [-0.1, -0.05) is 17.7 Å². The summed E-state index contributed by atoms with van der Waals surface area (Å²) in [5.74, 6) is 0.500. The van der Waals surface area contributed by atoms with E-state index in [0.29, 0.717) is 22.3 Å². The highest BCUT2D eigenvalue weighted by Crippen LogP contribution is 2.32. The predicted octanol–water partition coefficient (Wildman–Crippen LogP) is 2.55. The Hall–Kier alpha value is -2.93. The number of nitrogens with one attached hydrogen (secondary N) is 1. The van der Waals surface area contributed by atoms with Crippen molar-refractivity contribution in [2.75, 3.05) is 20.5 Å². The third kappa shape index (κ3) is 4.18. The van der Waals surface area contributed by atoms with E-state index in [-0.39, 0.29) is 18.9 Å². The average molecular weight is 378 g/mol. The zero-order valence-electron chi connectivity index (χ0n) is 13.9. The standard InChI is InChI=1S/C18H16ClNO6/c1-23-14-5-3-12(19)7-13(14)18(22)24-9-17(21)20-8-11-2-4-15-16(6-11)26-10-25-15/h2-7H,8-10H2,1H3,(H,20,21). The Morgan fingerprint density at radius 1 is 1.15 bits per heavy atom. The van der Waals surface area contributed by atoms with Crippen molar-refractivity contribution in [2.24, 2.45) is 0 Å². The first kappa shape index (κ1) is 17.9. The molecule has 0 aromatic heterocycles. The molecule has 1 heterocycles. The lowest BCUT2D eigenvalue weighted by molar-refractivity contribution is -0.124. The predicted molar refractivity (Wildman–Crippen MR) is 92.7 cm³/mol. The number of halogens is 1. The molecule has 7 nitrogen and oxygen atoms in total. The first-order valence-corrected chi connectivity index (χ1v) is 8.10. The second-order valence-electron chi connectivity index (χ2n) is 5.39. The van der Waals surface area contributed by atoms with E-state index in [1.807, 2.05) is 6.07 Å². The van der Waals surface area contributed by atoms with Crippen LogP contribution in [0.3, 0.4) is 0 Å². The Morgan fingerprint density at radius 3 is 2.77 bits per heavy atom. The van der Waals surface area contributed by atoms with E-state index < -0.39 is 18.5 Å². The smallest absolute Gasteiger partial charge is 0.342 e. The van der Waals surface area contributed by atoms with Crippen LogP contribution in [0.5, 0.6) is 17.2 Å². The van der Waals surface area contributed by atoms with Crippen molar-refractivity contribution in [3.63, 3.8) is 0 Å². The highest BCUT2D eigenvalue weighted by Gasteiger charge is 2.17. The van der Waals surface area contributed by atoms with Crippen molar-refractivity contribution in [3.05, 3.63) is 52.5 Å². The maximum Gasteiger partial charge on any atom is 0.342 e. The van der Waals surface area contributed by atoms with Gasteiger partial charge < -0.3 is 24.3 Å². The van der Waals surface area contributed by atoms with E-state index in [9.17, 15) is 9.59 Å². The minimum absolute atomic E-state index is 0.156. The molecule has 0 bridgehead atoms. The third-order valence-electron chi connectivity index (χ3n) is 3.64. The summed E-state index contributed by atoms with van der Waals surface area (Å²) in [5, 5.41) is 3.03. The number of hydrogen-bond donors (Lipinski definition) is 1. The monoisotopic (exact) mass is 377 g/mol. The minimum atomic E-state index is -0.692. The van der Waals surface area contributed by atoms with Crippen LogP contribution in [0, 0.1) is 0 Å². The molecule has 2 aromatic rings. The van der Waals surface area contributed by atoms with E-state index in [4.69, 9.17) is 30.5 Å². The number of amides is 1. The van der Waals surface area contributed by atoms with Gasteiger partial charge in [0.05, 0.1) is 7.11 Å². The summed E-state index contributed by atoms with van der Waals surface area (Å²) in [6.45, 7) is 0.0423. The van der Waals surface area contributed by atoms with E-state index in [1.54, 1.807) is 24.3 Å². The van der Waals surface area contributed by atoms with E-state index in [1.165, 1.54) is 13.2 Å². The van der Waals surface area contributed by atoms with Crippen molar-refractivity contribution in [1.29, 1.82) is 0 Å². The second-order valence-corrected chi connectivity index (χ2v) is 5.82. The van der Waals surface area contributed by atoms with Gasteiger partial charge in [-0.25, -0.2) is 4.79 Å². The number of hydrogen-bond acceptors (Lipinski definition) is 6. The molecule has 26 heavy (non-hydrogen) atoms. The van der Waals surface area contributed by atoms with Crippen LogP contribution in [0.15, 0.2) is 36.4 Å². The molecule has 0 spiro atoms. The summed E-state index contributed by atoms with van der Waals surface area (Å²) < 4.78 is 20.6. The van der Waals surface area contributed by atoms with Crippen LogP contribution in [0.25, 0.3) is 0 Å². The SMILES string of the molecule is COc1ccc(Cl)cc1C(=O)OCC(=O)NCc1ccc2c(c1)OCO2. The topological polar surface area (TPSA) is 83.1 Å². The summed E-state index contributed by atoms with van der Waals surface area (Å²) in [7, 11) is 1.43. The summed E-state index contributed by atoms with van der Waals surface area (Å²) in [4.78, 5) is 24.0. The Labute approximate surface area is 154 Å². The molecule has 3 rings (SSSR count). The van der Waals surface area contributed by atoms with Crippen LogP contribution < -0.4 is 19.5 Å². The molecular weight excluding hydrogens is 362 g/mol. The zero-order valence-corrected chi connectivity index (χ0v) is 14.7. The average Bonchev–Trinajstić information content (AvgIpc) is 3.12. The summed E-state index contributed by atoms with van der Waals surface area (Å²) in [5.41, 5.74) is 0.994. The van der Waals surface area contributed by atoms with Crippen LogP contribution in [-0.4, -0.2) is 32.4 Å². The molecule has 1 N–H and O–H groups in total. The van der Waals surface area contributed by atoms with Gasteiger partial charge in [0.2, 0.25) is 6.79 Å². The molecule has 0 saturated carbocycles. The van der Waals surface area contributed by atoms with Crippen LogP contribution >= 0.6 is 11.6 Å². The number of rotatable bonds is 6. The normalized spacial score (nSPS) is 11.8. The summed E-state index contributed by atoms with van der Waals surface area (Å²) >= 11 is 5.88. The van der Waals surface area contributed by atoms with Crippen molar-refractivity contribution in [3.8, 4) is 17.2 Å². The number of carbonyl (C=O) groups excluding carboxylic acids is 2. The fourth-order valence-corrected chi connectivity index (χ4v) is 2.52. The molecule has 1 aliphatic rings. The molecule has 0 unspecified atom stereocenters. The second kappa shape index (κ2) is 7.97. The number of methoxy groups -OCH3 is 1. The number of carbonyl (C=O) groups is 2. The molecule has 0 radical (unpaired) electrons. The lowest BCUT2D eigenvalue weighted by atomic mass is 10.2. The zero-order chi connectivity index (χ0) is 18.5. The summed E-state index contributed by atoms with van der Waals surface area (Å²) in [6, 6.07) is 9.94. The van der Waals surface area contributed by atoms with Crippen molar-refractivity contribution >= 4 is 23.5 Å². The molecular formula is C18H16ClNO6. The van der Waals surface area contributed by atoms with E-state index in [0.717, 1.165) is 5.56 Å². The van der Waals surface area contributed by atoms with Crippen molar-refractivity contribution < 1.29 is 28.5 Å². The van der Waals surface area contributed by atoms with Gasteiger partial charge in [0.1, 0.15) is 11.3 Å². The van der Waals surface area contributed by atoms with Gasteiger partial charge in [-0.3, -0.25) is 4.79 Å². The van der Waals surface area contributed by atoms with E-state index in [2.05, 4.69) is 5.32 Å². The van der Waals surface area contributed by atoms with E-state index >= 15 is 0 Å². The molecule has 0 fully saturated rings. The van der Waals surface area contributed by atoms with Crippen LogP contribution in [0.1, 0.15) is 15.9 Å². The third-order valence-corrected chi connectivity index (χ3v) is 3.88. The van der Waals surface area contributed by atoms with Crippen LogP contribution in [-0.2, 0) is 16.1 Å². The molecule has 1 aliphatic heterocycles. The van der Waals surface area contributed by atoms with Gasteiger partial charge in [0.25, 0.3) is 5.91 Å².